The number of sulfonamides is 1. The Labute approximate surface area is 133 Å². The Morgan fingerprint density at radius 3 is 2.40 bits per heavy atom. The second-order valence-electron chi connectivity index (χ2n) is 3.78. The van der Waals surface area contributed by atoms with Crippen LogP contribution in [0, 0.1) is 5.82 Å². The Morgan fingerprint density at radius 1 is 1.10 bits per heavy atom. The van der Waals surface area contributed by atoms with E-state index in [1.54, 1.807) is 0 Å². The fourth-order valence-electron chi connectivity index (χ4n) is 1.48. The molecule has 0 aliphatic heterocycles. The number of hydrogen-bond donors (Lipinski definition) is 1. The number of hydrogen-bond acceptors (Lipinski definition) is 2. The van der Waals surface area contributed by atoms with Crippen molar-refractivity contribution in [3.8, 4) is 0 Å². The van der Waals surface area contributed by atoms with Crippen LogP contribution in [0.3, 0.4) is 0 Å². The summed E-state index contributed by atoms with van der Waals surface area (Å²) in [6, 6.07) is 8.12. The van der Waals surface area contributed by atoms with E-state index < -0.39 is 15.8 Å². The molecule has 0 spiro atoms. The number of benzene rings is 2. The van der Waals surface area contributed by atoms with Gasteiger partial charge in [0.2, 0.25) is 0 Å². The van der Waals surface area contributed by atoms with Gasteiger partial charge >= 0.3 is 0 Å². The lowest BCUT2D eigenvalue weighted by atomic mass is 10.3. The molecule has 0 atom stereocenters. The summed E-state index contributed by atoms with van der Waals surface area (Å²) < 4.78 is 40.7. The first-order valence-electron chi connectivity index (χ1n) is 5.23. The molecule has 0 saturated carbocycles. The predicted octanol–water partition coefficient (Wildman–Crippen LogP) is 4.70. The topological polar surface area (TPSA) is 46.2 Å². The standard InChI is InChI=1S/C12H7BrCl2FNO2S/c13-7-4-5-11(9(15)6-7)20(18,19)17-12-8(14)2-1-3-10(12)16/h1-6,17H. The lowest BCUT2D eigenvalue weighted by Crippen LogP contribution is -2.14. The van der Waals surface area contributed by atoms with E-state index in [2.05, 4.69) is 20.7 Å². The molecule has 0 heterocycles. The van der Waals surface area contributed by atoms with Crippen LogP contribution in [0.25, 0.3) is 0 Å². The molecule has 0 aromatic heterocycles. The number of halogens is 4. The van der Waals surface area contributed by atoms with Gasteiger partial charge in [0, 0.05) is 4.47 Å². The molecule has 0 aliphatic carbocycles. The highest BCUT2D eigenvalue weighted by Gasteiger charge is 2.21. The summed E-state index contributed by atoms with van der Waals surface area (Å²) in [7, 11) is -4.03. The first-order chi connectivity index (χ1) is 9.31. The van der Waals surface area contributed by atoms with Crippen LogP contribution in [0.5, 0.6) is 0 Å². The number of para-hydroxylation sites is 1. The average molecular weight is 399 g/mol. The van der Waals surface area contributed by atoms with Gasteiger partial charge in [-0.2, -0.15) is 0 Å². The van der Waals surface area contributed by atoms with Crippen molar-refractivity contribution in [1.29, 1.82) is 0 Å². The van der Waals surface area contributed by atoms with E-state index in [0.717, 1.165) is 6.07 Å². The molecule has 3 nitrogen and oxygen atoms in total. The molecule has 1 N–H and O–H groups in total. The third kappa shape index (κ3) is 3.25. The number of rotatable bonds is 3. The van der Waals surface area contributed by atoms with Gasteiger partial charge in [-0.25, -0.2) is 12.8 Å². The Morgan fingerprint density at radius 2 is 1.80 bits per heavy atom. The van der Waals surface area contributed by atoms with Crippen LogP contribution in [0.15, 0.2) is 45.8 Å². The van der Waals surface area contributed by atoms with Crippen molar-refractivity contribution in [2.75, 3.05) is 4.72 Å². The molecular formula is C12H7BrCl2FNO2S. The molecule has 0 unspecified atom stereocenters. The summed E-state index contributed by atoms with van der Waals surface area (Å²) in [6.45, 7) is 0. The maximum Gasteiger partial charge on any atom is 0.263 e. The SMILES string of the molecule is O=S(=O)(Nc1c(F)cccc1Cl)c1ccc(Br)cc1Cl. The molecule has 2 aromatic carbocycles. The monoisotopic (exact) mass is 397 g/mol. The van der Waals surface area contributed by atoms with Crippen LogP contribution < -0.4 is 4.72 Å². The Hall–Kier alpha value is -0.820. The highest BCUT2D eigenvalue weighted by Crippen LogP contribution is 2.30. The van der Waals surface area contributed by atoms with E-state index in [4.69, 9.17) is 23.2 Å². The van der Waals surface area contributed by atoms with Gasteiger partial charge in [-0.3, -0.25) is 4.72 Å². The second kappa shape index (κ2) is 5.89. The first kappa shape index (κ1) is 15.6. The molecule has 0 bridgehead atoms. The van der Waals surface area contributed by atoms with Gasteiger partial charge in [-0.15, -0.1) is 0 Å². The van der Waals surface area contributed by atoms with Gasteiger partial charge in [0.05, 0.1) is 10.0 Å². The van der Waals surface area contributed by atoms with E-state index in [1.165, 1.54) is 30.3 Å². The zero-order valence-corrected chi connectivity index (χ0v) is 13.6. The summed E-state index contributed by atoms with van der Waals surface area (Å²) >= 11 is 14.8. The van der Waals surface area contributed by atoms with Gasteiger partial charge in [0.1, 0.15) is 16.4 Å². The van der Waals surface area contributed by atoms with Crippen molar-refractivity contribution in [2.24, 2.45) is 0 Å². The third-order valence-corrected chi connectivity index (χ3v) is 5.02. The molecule has 20 heavy (non-hydrogen) atoms. The molecule has 2 rings (SSSR count). The van der Waals surface area contributed by atoms with E-state index in [-0.39, 0.29) is 20.6 Å². The number of nitrogens with one attached hydrogen (secondary N) is 1. The van der Waals surface area contributed by atoms with Crippen LogP contribution in [0.1, 0.15) is 0 Å². The van der Waals surface area contributed by atoms with Crippen LogP contribution >= 0.6 is 39.1 Å². The minimum atomic E-state index is -4.03. The van der Waals surface area contributed by atoms with E-state index >= 15 is 0 Å². The predicted molar refractivity (Wildman–Crippen MR) is 81.4 cm³/mol. The van der Waals surface area contributed by atoms with Gasteiger partial charge in [-0.05, 0) is 30.3 Å². The Bertz CT molecular complexity index is 748. The van der Waals surface area contributed by atoms with E-state index in [9.17, 15) is 12.8 Å². The minimum Gasteiger partial charge on any atom is -0.275 e. The molecule has 0 radical (unpaired) electrons. The summed E-state index contributed by atoms with van der Waals surface area (Å²) in [5.41, 5.74) is -0.312. The van der Waals surface area contributed by atoms with Crippen LogP contribution in [-0.2, 0) is 10.0 Å². The van der Waals surface area contributed by atoms with Crippen molar-refractivity contribution in [3.05, 3.63) is 56.7 Å². The Balaban J connectivity index is 2.46. The van der Waals surface area contributed by atoms with Crippen molar-refractivity contribution >= 4 is 54.8 Å². The molecule has 0 fully saturated rings. The summed E-state index contributed by atoms with van der Waals surface area (Å²) in [5, 5.41) is -0.0267. The first-order valence-corrected chi connectivity index (χ1v) is 8.26. The van der Waals surface area contributed by atoms with Crippen molar-refractivity contribution in [1.82, 2.24) is 0 Å². The fraction of sp³-hybridized carbons (Fsp3) is 0. The zero-order chi connectivity index (χ0) is 14.9. The molecule has 106 valence electrons. The summed E-state index contributed by atoms with van der Waals surface area (Å²) in [6.07, 6.45) is 0. The highest BCUT2D eigenvalue weighted by atomic mass is 79.9. The largest absolute Gasteiger partial charge is 0.275 e. The van der Waals surface area contributed by atoms with Crippen molar-refractivity contribution < 1.29 is 12.8 Å². The quantitative estimate of drug-likeness (QED) is 0.814. The number of anilines is 1. The molecule has 0 amide bonds. The summed E-state index contributed by atoms with van der Waals surface area (Å²) in [5.74, 6) is -0.769. The molecule has 2 aromatic rings. The lowest BCUT2D eigenvalue weighted by Gasteiger charge is -2.11. The lowest BCUT2D eigenvalue weighted by molar-refractivity contribution is 0.598. The molecule has 0 aliphatic rings. The van der Waals surface area contributed by atoms with Crippen molar-refractivity contribution in [2.45, 2.75) is 4.90 Å². The van der Waals surface area contributed by atoms with E-state index in [0.29, 0.717) is 4.47 Å². The average Bonchev–Trinajstić information content (AvgIpc) is 2.33. The van der Waals surface area contributed by atoms with Gasteiger partial charge in [0.25, 0.3) is 10.0 Å². The fourth-order valence-corrected chi connectivity index (χ4v) is 3.87. The molecule has 0 saturated heterocycles. The maximum atomic E-state index is 13.6. The normalized spacial score (nSPS) is 11.4. The maximum absolute atomic E-state index is 13.6. The zero-order valence-electron chi connectivity index (χ0n) is 9.70. The van der Waals surface area contributed by atoms with Crippen LogP contribution in [0.2, 0.25) is 10.0 Å². The van der Waals surface area contributed by atoms with Gasteiger partial charge < -0.3 is 0 Å². The molecular weight excluding hydrogens is 392 g/mol. The molecule has 8 heteroatoms. The van der Waals surface area contributed by atoms with Crippen LogP contribution in [0.4, 0.5) is 10.1 Å². The van der Waals surface area contributed by atoms with E-state index in [1.807, 2.05) is 0 Å². The van der Waals surface area contributed by atoms with Gasteiger partial charge in [0.15, 0.2) is 0 Å². The highest BCUT2D eigenvalue weighted by molar-refractivity contribution is 9.10. The minimum absolute atomic E-state index is 0.0133. The van der Waals surface area contributed by atoms with Crippen molar-refractivity contribution in [3.63, 3.8) is 0 Å². The third-order valence-electron chi connectivity index (χ3n) is 2.38. The Kier molecular flexibility index (Phi) is 4.59. The summed E-state index contributed by atoms with van der Waals surface area (Å²) in [4.78, 5) is -0.165. The van der Waals surface area contributed by atoms with Crippen LogP contribution in [-0.4, -0.2) is 8.42 Å². The van der Waals surface area contributed by atoms with Gasteiger partial charge in [-0.1, -0.05) is 45.2 Å². The second-order valence-corrected chi connectivity index (χ2v) is 7.16. The smallest absolute Gasteiger partial charge is 0.263 e.